The third kappa shape index (κ3) is 1.25. The Kier molecular flexibility index (Phi) is 2.06. The van der Waals surface area contributed by atoms with Crippen molar-refractivity contribution in [3.63, 3.8) is 0 Å². The molecule has 0 spiro atoms. The van der Waals surface area contributed by atoms with Gasteiger partial charge in [0.25, 0.3) is 0 Å². The van der Waals surface area contributed by atoms with E-state index < -0.39 is 5.97 Å². The Balaban J connectivity index is 3.42. The Labute approximate surface area is 69.1 Å². The number of aryl methyl sites for hydroxylation is 1. The van der Waals surface area contributed by atoms with Gasteiger partial charge in [0.15, 0.2) is 4.98 Å². The van der Waals surface area contributed by atoms with Gasteiger partial charge in [-0.25, -0.2) is 0 Å². The zero-order valence-corrected chi connectivity index (χ0v) is 6.44. The molecule has 0 fully saturated rings. The molecule has 1 rings (SSSR count). The van der Waals surface area contributed by atoms with Gasteiger partial charge in [-0.15, -0.1) is 0 Å². The lowest BCUT2D eigenvalue weighted by atomic mass is 10.1. The molecular weight excluding hydrogens is 156 g/mol. The van der Waals surface area contributed by atoms with E-state index in [-0.39, 0.29) is 11.3 Å². The molecule has 0 aliphatic carbocycles. The van der Waals surface area contributed by atoms with Gasteiger partial charge in [0.05, 0.1) is 11.5 Å². The monoisotopic (exact) mass is 162 g/mol. The number of benzene rings is 1. The largest absolute Gasteiger partial charge is 0.544 e. The fourth-order valence-corrected chi connectivity index (χ4v) is 1.00. The molecule has 0 atom stereocenters. The summed E-state index contributed by atoms with van der Waals surface area (Å²) in [5.74, 6) is -1.33. The summed E-state index contributed by atoms with van der Waals surface area (Å²) in [6, 6.07) is 4.62. The number of hydrogen-bond donors (Lipinski definition) is 0. The van der Waals surface area contributed by atoms with Crippen LogP contribution in [0.5, 0.6) is 0 Å². The average molecular weight is 162 g/mol. The Morgan fingerprint density at radius 1 is 1.58 bits per heavy atom. The molecule has 60 valence electrons. The van der Waals surface area contributed by atoms with Crippen LogP contribution in [0.2, 0.25) is 0 Å². The van der Waals surface area contributed by atoms with E-state index in [9.17, 15) is 9.90 Å². The van der Waals surface area contributed by atoms with E-state index in [2.05, 4.69) is 4.98 Å². The molecule has 12 heavy (non-hydrogen) atoms. The molecule has 4 nitrogen and oxygen atoms in total. The summed E-state index contributed by atoms with van der Waals surface area (Å²) < 4.78 is 0. The second-order valence-electron chi connectivity index (χ2n) is 2.36. The van der Waals surface area contributed by atoms with E-state index in [1.54, 1.807) is 19.1 Å². The van der Waals surface area contributed by atoms with Crippen molar-refractivity contribution < 1.29 is 9.90 Å². The minimum absolute atomic E-state index is 0.0231. The lowest BCUT2D eigenvalue weighted by Gasteiger charge is -2.01. The smallest absolute Gasteiger partial charge is 0.394 e. The third-order valence-corrected chi connectivity index (χ3v) is 1.56. The molecular formula is C8H6N2O2. The zero-order valence-electron chi connectivity index (χ0n) is 6.44. The molecule has 0 aromatic heterocycles. The number of carboxylic acids is 1. The molecule has 0 N–H and O–H groups in total. The first-order chi connectivity index (χ1) is 5.66. The van der Waals surface area contributed by atoms with Crippen molar-refractivity contribution in [1.29, 1.82) is 5.39 Å². The van der Waals surface area contributed by atoms with Crippen molar-refractivity contribution in [2.75, 3.05) is 0 Å². The van der Waals surface area contributed by atoms with E-state index in [1.165, 1.54) is 6.07 Å². The SMILES string of the molecule is Cc1cccc([N+]#N)c1C(=O)[O-]. The van der Waals surface area contributed by atoms with Crippen LogP contribution in [-0.4, -0.2) is 5.97 Å². The van der Waals surface area contributed by atoms with Crippen molar-refractivity contribution in [1.82, 2.24) is 0 Å². The predicted molar refractivity (Wildman–Crippen MR) is 40.3 cm³/mol. The van der Waals surface area contributed by atoms with Crippen LogP contribution in [0.1, 0.15) is 15.9 Å². The van der Waals surface area contributed by atoms with Gasteiger partial charge in [0, 0.05) is 6.07 Å². The molecule has 0 aliphatic rings. The second kappa shape index (κ2) is 3.01. The van der Waals surface area contributed by atoms with E-state index in [0.29, 0.717) is 5.56 Å². The van der Waals surface area contributed by atoms with Crippen LogP contribution < -0.4 is 5.11 Å². The Morgan fingerprint density at radius 2 is 2.25 bits per heavy atom. The first kappa shape index (κ1) is 8.21. The summed E-state index contributed by atoms with van der Waals surface area (Å²) in [6.45, 7) is 1.61. The number of aromatic carboxylic acids is 1. The standard InChI is InChI=1S/C8H6N2O2/c1-5-3-2-4-6(10-9)7(5)8(11)12/h2-4H,1H3. The van der Waals surface area contributed by atoms with E-state index >= 15 is 0 Å². The fourth-order valence-electron chi connectivity index (χ4n) is 1.00. The van der Waals surface area contributed by atoms with Crippen LogP contribution >= 0.6 is 0 Å². The zero-order chi connectivity index (χ0) is 9.14. The van der Waals surface area contributed by atoms with Crippen LogP contribution in [0.3, 0.4) is 0 Å². The number of carboxylic acid groups (broad SMARTS) is 1. The summed E-state index contributed by atoms with van der Waals surface area (Å²) in [5, 5.41) is 18.9. The minimum atomic E-state index is -1.33. The summed E-state index contributed by atoms with van der Waals surface area (Å²) in [5.41, 5.74) is 0.473. The highest BCUT2D eigenvalue weighted by molar-refractivity contribution is 5.94. The number of diazo groups is 1. The van der Waals surface area contributed by atoms with Crippen molar-refractivity contribution in [2.24, 2.45) is 0 Å². The molecule has 0 saturated heterocycles. The van der Waals surface area contributed by atoms with Gasteiger partial charge in [0.1, 0.15) is 0 Å². The highest BCUT2D eigenvalue weighted by atomic mass is 16.4. The number of carbonyl (C=O) groups excluding carboxylic acids is 1. The van der Waals surface area contributed by atoms with Gasteiger partial charge in [-0.3, -0.25) is 0 Å². The second-order valence-corrected chi connectivity index (χ2v) is 2.36. The van der Waals surface area contributed by atoms with Gasteiger partial charge in [-0.05, 0) is 12.5 Å². The van der Waals surface area contributed by atoms with Crippen molar-refractivity contribution in [3.05, 3.63) is 34.3 Å². The van der Waals surface area contributed by atoms with Gasteiger partial charge in [-0.1, -0.05) is 12.1 Å². The first-order valence-electron chi connectivity index (χ1n) is 3.33. The minimum Gasteiger partial charge on any atom is -0.544 e. The van der Waals surface area contributed by atoms with Gasteiger partial charge >= 0.3 is 5.69 Å². The molecule has 0 aliphatic heterocycles. The highest BCUT2D eigenvalue weighted by Crippen LogP contribution is 2.21. The highest BCUT2D eigenvalue weighted by Gasteiger charge is 2.15. The van der Waals surface area contributed by atoms with Gasteiger partial charge in [0.2, 0.25) is 5.39 Å². The third-order valence-electron chi connectivity index (χ3n) is 1.56. The number of hydrogen-bond acceptors (Lipinski definition) is 3. The van der Waals surface area contributed by atoms with Crippen LogP contribution in [0.4, 0.5) is 5.69 Å². The van der Waals surface area contributed by atoms with Gasteiger partial charge in [-0.2, -0.15) is 0 Å². The Morgan fingerprint density at radius 3 is 2.67 bits per heavy atom. The number of carbonyl (C=O) groups is 1. The summed E-state index contributed by atoms with van der Waals surface area (Å²) >= 11 is 0. The molecule has 0 radical (unpaired) electrons. The first-order valence-corrected chi connectivity index (χ1v) is 3.33. The molecule has 0 bridgehead atoms. The normalized spacial score (nSPS) is 9.00. The molecule has 0 unspecified atom stereocenters. The Bertz CT molecular complexity index is 366. The van der Waals surface area contributed by atoms with E-state index in [1.807, 2.05) is 0 Å². The molecule has 0 amide bonds. The summed E-state index contributed by atoms with van der Waals surface area (Å²) in [6.07, 6.45) is 0. The Hall–Kier alpha value is -1.89. The molecule has 0 heterocycles. The average Bonchev–Trinajstić information content (AvgIpc) is 2.03. The van der Waals surface area contributed by atoms with Crippen LogP contribution in [-0.2, 0) is 0 Å². The van der Waals surface area contributed by atoms with Crippen molar-refractivity contribution in [2.45, 2.75) is 6.92 Å². The van der Waals surface area contributed by atoms with Crippen LogP contribution in [0.25, 0.3) is 4.98 Å². The molecule has 1 aromatic carbocycles. The lowest BCUT2D eigenvalue weighted by Crippen LogP contribution is -2.23. The predicted octanol–water partition coefficient (Wildman–Crippen LogP) is 0.843. The lowest BCUT2D eigenvalue weighted by molar-refractivity contribution is -0.254. The molecule has 0 saturated carbocycles. The molecule has 1 aromatic rings. The fraction of sp³-hybridized carbons (Fsp3) is 0.125. The van der Waals surface area contributed by atoms with Crippen LogP contribution in [0.15, 0.2) is 18.2 Å². The maximum atomic E-state index is 10.5. The van der Waals surface area contributed by atoms with Crippen LogP contribution in [0, 0.1) is 12.3 Å². The molecule has 4 heteroatoms. The number of nitrogens with zero attached hydrogens (tertiary/aromatic N) is 2. The van der Waals surface area contributed by atoms with Crippen molar-refractivity contribution >= 4 is 11.7 Å². The van der Waals surface area contributed by atoms with Crippen molar-refractivity contribution in [3.8, 4) is 0 Å². The van der Waals surface area contributed by atoms with E-state index in [0.717, 1.165) is 0 Å². The topological polar surface area (TPSA) is 68.3 Å². The summed E-state index contributed by atoms with van der Waals surface area (Å²) in [4.78, 5) is 13.4. The van der Waals surface area contributed by atoms with E-state index in [4.69, 9.17) is 5.39 Å². The maximum absolute atomic E-state index is 10.5. The summed E-state index contributed by atoms with van der Waals surface area (Å²) in [7, 11) is 0. The number of rotatable bonds is 1. The van der Waals surface area contributed by atoms with Gasteiger partial charge < -0.3 is 9.90 Å². The quantitative estimate of drug-likeness (QED) is 0.574. The maximum Gasteiger partial charge on any atom is 0.394 e.